The van der Waals surface area contributed by atoms with Crippen LogP contribution < -0.4 is 0 Å². The van der Waals surface area contributed by atoms with E-state index in [4.69, 9.17) is 21.7 Å². The van der Waals surface area contributed by atoms with Gasteiger partial charge in [0.15, 0.2) is 0 Å². The van der Waals surface area contributed by atoms with Gasteiger partial charge in [-0.25, -0.2) is 4.98 Å². The monoisotopic (exact) mass is 430 g/mol. The third-order valence-electron chi connectivity index (χ3n) is 6.44. The van der Waals surface area contributed by atoms with Crippen molar-refractivity contribution in [1.29, 1.82) is 0 Å². The molecule has 31 heavy (non-hydrogen) atoms. The van der Waals surface area contributed by atoms with Crippen LogP contribution in [0.15, 0.2) is 60.7 Å². The summed E-state index contributed by atoms with van der Waals surface area (Å²) in [5.74, 6) is 0. The van der Waals surface area contributed by atoms with E-state index in [0.29, 0.717) is 11.2 Å². The van der Waals surface area contributed by atoms with Gasteiger partial charge in [0, 0.05) is 30.6 Å². The van der Waals surface area contributed by atoms with Crippen molar-refractivity contribution >= 4 is 22.5 Å². The van der Waals surface area contributed by atoms with Crippen molar-refractivity contribution in [2.45, 2.75) is 32.2 Å². The molecule has 0 spiro atoms. The average Bonchev–Trinajstić information content (AvgIpc) is 3.34. The summed E-state index contributed by atoms with van der Waals surface area (Å²) in [7, 11) is 1.88. The van der Waals surface area contributed by atoms with Gasteiger partial charge in [0.2, 0.25) is 0 Å². The molecule has 158 valence electrons. The first-order valence-electron chi connectivity index (χ1n) is 11.0. The fraction of sp³-hybridized carbons (Fsp3) is 0.308. The van der Waals surface area contributed by atoms with Gasteiger partial charge in [-0.2, -0.15) is 5.10 Å². The molecule has 0 unspecified atom stereocenters. The first-order chi connectivity index (χ1) is 15.1. The number of hydrogen-bond donors (Lipinski definition) is 0. The number of fused-ring (bicyclic) bond motifs is 1. The van der Waals surface area contributed by atoms with E-state index in [9.17, 15) is 0 Å². The van der Waals surface area contributed by atoms with Crippen LogP contribution in [0.4, 0.5) is 0 Å². The summed E-state index contributed by atoms with van der Waals surface area (Å²) in [5, 5.41) is 6.46. The van der Waals surface area contributed by atoms with Crippen LogP contribution in [0.3, 0.4) is 0 Å². The molecule has 4 nitrogen and oxygen atoms in total. The lowest BCUT2D eigenvalue weighted by molar-refractivity contribution is 0.272. The van der Waals surface area contributed by atoms with Gasteiger partial charge in [0.05, 0.1) is 16.8 Å². The Labute approximate surface area is 188 Å². The molecule has 1 aliphatic rings. The third kappa shape index (κ3) is 3.86. The fourth-order valence-electron chi connectivity index (χ4n) is 4.67. The highest BCUT2D eigenvalue weighted by Gasteiger charge is 2.21. The van der Waals surface area contributed by atoms with E-state index >= 15 is 0 Å². The molecule has 2 aromatic heterocycles. The van der Waals surface area contributed by atoms with Crippen molar-refractivity contribution in [3.63, 3.8) is 0 Å². The molecule has 1 atom stereocenters. The topological polar surface area (TPSA) is 34.0 Å². The van der Waals surface area contributed by atoms with Crippen molar-refractivity contribution in [2.24, 2.45) is 7.05 Å². The smallest absolute Gasteiger partial charge is 0.136 e. The van der Waals surface area contributed by atoms with Crippen LogP contribution in [-0.2, 0) is 13.5 Å². The minimum atomic E-state index is 0.606. The van der Waals surface area contributed by atoms with E-state index in [1.165, 1.54) is 24.9 Å². The summed E-state index contributed by atoms with van der Waals surface area (Å²) in [4.78, 5) is 7.71. The van der Waals surface area contributed by atoms with Crippen molar-refractivity contribution in [2.75, 3.05) is 13.1 Å². The number of aryl methyl sites for hydroxylation is 1. The number of nitrogens with zero attached hydrogens (tertiary/aromatic N) is 4. The van der Waals surface area contributed by atoms with Gasteiger partial charge in [-0.1, -0.05) is 66.2 Å². The van der Waals surface area contributed by atoms with Crippen LogP contribution in [0.2, 0.25) is 5.15 Å². The summed E-state index contributed by atoms with van der Waals surface area (Å²) in [6.07, 6.45) is 3.62. The average molecular weight is 431 g/mol. The largest absolute Gasteiger partial charge is 0.300 e. The highest BCUT2D eigenvalue weighted by Crippen LogP contribution is 2.37. The standard InChI is InChI=1S/C26H27ClN4/c1-18-8-7-16-31(18)17-15-21-12-6-11-20-13-14-22(28-24(20)21)23-25(29-30(2)26(23)27)19-9-4-3-5-10-19/h3-6,9-14,18H,7-8,15-17H2,1-2H3/t18-/m1/s1. The molecule has 3 heterocycles. The first kappa shape index (κ1) is 20.2. The molecule has 2 aromatic carbocycles. The van der Waals surface area contributed by atoms with Gasteiger partial charge in [-0.3, -0.25) is 4.68 Å². The number of hydrogen-bond acceptors (Lipinski definition) is 3. The maximum atomic E-state index is 6.71. The molecule has 5 heteroatoms. The minimum Gasteiger partial charge on any atom is -0.300 e. The Morgan fingerprint density at radius 1 is 1.03 bits per heavy atom. The zero-order valence-electron chi connectivity index (χ0n) is 18.1. The van der Waals surface area contributed by atoms with Crippen LogP contribution in [0.5, 0.6) is 0 Å². The molecule has 0 bridgehead atoms. The van der Waals surface area contributed by atoms with Gasteiger partial charge in [-0.15, -0.1) is 0 Å². The summed E-state index contributed by atoms with van der Waals surface area (Å²) in [6, 6.07) is 21.6. The van der Waals surface area contributed by atoms with Gasteiger partial charge in [0.25, 0.3) is 0 Å². The van der Waals surface area contributed by atoms with Crippen molar-refractivity contribution in [1.82, 2.24) is 19.7 Å². The molecule has 1 aliphatic heterocycles. The van der Waals surface area contributed by atoms with E-state index in [2.05, 4.69) is 54.3 Å². The highest BCUT2D eigenvalue weighted by molar-refractivity contribution is 6.33. The molecule has 4 aromatic rings. The maximum Gasteiger partial charge on any atom is 0.136 e. The maximum absolute atomic E-state index is 6.71. The van der Waals surface area contributed by atoms with Gasteiger partial charge < -0.3 is 4.90 Å². The van der Waals surface area contributed by atoms with Gasteiger partial charge >= 0.3 is 0 Å². The molecule has 0 aliphatic carbocycles. The second-order valence-corrected chi connectivity index (χ2v) is 8.82. The molecular weight excluding hydrogens is 404 g/mol. The Bertz CT molecular complexity index is 1220. The summed E-state index contributed by atoms with van der Waals surface area (Å²) < 4.78 is 1.73. The summed E-state index contributed by atoms with van der Waals surface area (Å²) >= 11 is 6.71. The number of pyridine rings is 1. The number of para-hydroxylation sites is 1. The summed E-state index contributed by atoms with van der Waals surface area (Å²) in [6.45, 7) is 4.62. The van der Waals surface area contributed by atoms with Crippen molar-refractivity contribution < 1.29 is 0 Å². The van der Waals surface area contributed by atoms with Crippen LogP contribution in [0.1, 0.15) is 25.3 Å². The molecular formula is C26H27ClN4. The predicted octanol–water partition coefficient (Wildman–Crippen LogP) is 5.98. The van der Waals surface area contributed by atoms with E-state index < -0.39 is 0 Å². The Hall–Kier alpha value is -2.69. The van der Waals surface area contributed by atoms with Crippen molar-refractivity contribution in [3.05, 3.63) is 71.4 Å². The summed E-state index contributed by atoms with van der Waals surface area (Å²) in [5.41, 5.74) is 6.01. The zero-order valence-corrected chi connectivity index (χ0v) is 18.8. The number of likely N-dealkylation sites (tertiary alicyclic amines) is 1. The minimum absolute atomic E-state index is 0.606. The molecule has 5 rings (SSSR count). The Balaban J connectivity index is 1.56. The third-order valence-corrected chi connectivity index (χ3v) is 6.88. The molecule has 0 amide bonds. The number of benzene rings is 2. The number of halogens is 1. The Morgan fingerprint density at radius 2 is 1.87 bits per heavy atom. The zero-order chi connectivity index (χ0) is 21.4. The molecule has 0 N–H and O–H groups in total. The molecule has 0 saturated carbocycles. The van der Waals surface area contributed by atoms with Crippen LogP contribution in [0, 0.1) is 0 Å². The van der Waals surface area contributed by atoms with E-state index in [-0.39, 0.29) is 0 Å². The highest BCUT2D eigenvalue weighted by atomic mass is 35.5. The SMILES string of the molecule is C[C@@H]1CCCN1CCc1cccc2ccc(-c3c(-c4ccccc4)nn(C)c3Cl)nc12. The Kier molecular flexibility index (Phi) is 5.51. The molecule has 0 radical (unpaired) electrons. The van der Waals surface area contributed by atoms with Crippen LogP contribution >= 0.6 is 11.6 Å². The fourth-order valence-corrected chi connectivity index (χ4v) is 4.89. The van der Waals surface area contributed by atoms with Gasteiger partial charge in [0.1, 0.15) is 10.8 Å². The van der Waals surface area contributed by atoms with Crippen molar-refractivity contribution in [3.8, 4) is 22.5 Å². The first-order valence-corrected chi connectivity index (χ1v) is 11.4. The predicted molar refractivity (Wildman–Crippen MR) is 128 cm³/mol. The van der Waals surface area contributed by atoms with E-state index in [1.807, 2.05) is 25.2 Å². The lowest BCUT2D eigenvalue weighted by atomic mass is 10.0. The lowest BCUT2D eigenvalue weighted by Gasteiger charge is -2.21. The second-order valence-electron chi connectivity index (χ2n) is 8.47. The van der Waals surface area contributed by atoms with Gasteiger partial charge in [-0.05, 0) is 44.4 Å². The quantitative estimate of drug-likeness (QED) is 0.390. The molecule has 1 fully saturated rings. The number of aromatic nitrogens is 3. The van der Waals surface area contributed by atoms with Crippen LogP contribution in [0.25, 0.3) is 33.4 Å². The Morgan fingerprint density at radius 3 is 2.65 bits per heavy atom. The van der Waals surface area contributed by atoms with Crippen LogP contribution in [-0.4, -0.2) is 38.8 Å². The number of rotatable bonds is 5. The van der Waals surface area contributed by atoms with E-state index in [0.717, 1.165) is 46.4 Å². The second kappa shape index (κ2) is 8.45. The lowest BCUT2D eigenvalue weighted by Crippen LogP contribution is -2.29. The molecule has 1 saturated heterocycles. The normalized spacial score (nSPS) is 16.9. The van der Waals surface area contributed by atoms with E-state index in [1.54, 1.807) is 4.68 Å².